The van der Waals surface area contributed by atoms with Crippen LogP contribution < -0.4 is 39.1 Å². The average Bonchev–Trinajstić information content (AvgIpc) is 2.97. The molecule has 0 aliphatic carbocycles. The molecule has 45 heavy (non-hydrogen) atoms. The molecule has 4 rings (SSSR count). The number of amides is 2. The van der Waals surface area contributed by atoms with E-state index in [0.717, 1.165) is 0 Å². The van der Waals surface area contributed by atoms with Gasteiger partial charge in [-0.2, -0.15) is 0 Å². The molecule has 0 saturated carbocycles. The lowest BCUT2D eigenvalue weighted by atomic mass is 10.3. The highest BCUT2D eigenvalue weighted by Gasteiger charge is 2.40. The van der Waals surface area contributed by atoms with Crippen LogP contribution in [0.15, 0.2) is 72.8 Å². The summed E-state index contributed by atoms with van der Waals surface area (Å²) in [4.78, 5) is 25.8. The summed E-state index contributed by atoms with van der Waals surface area (Å²) >= 11 is 36.8. The lowest BCUT2D eigenvalue weighted by molar-refractivity contribution is 0.0749. The number of hydrogen-bond donors (Lipinski definition) is 2. The zero-order valence-corrected chi connectivity index (χ0v) is 27.4. The molecule has 2 amide bonds. The van der Waals surface area contributed by atoms with Crippen LogP contribution in [0.5, 0.6) is 34.5 Å². The molecular formula is C28H24Cl6N2O9. The number of ether oxygens (including phenoxy) is 7. The SMILES string of the molecule is O=C1N[C@H](C(Cl)(Cl)Cl)Oc2ccccc2O[C@@H](C(Cl)(Cl)Cl)NC(=O)Oc2ccccc2OCCOCCOc2ccccc2O1. The molecule has 3 aromatic rings. The molecular weight excluding hydrogens is 721 g/mol. The maximum atomic E-state index is 12.9. The minimum atomic E-state index is -2.22. The number of nitrogens with one attached hydrogen (secondary N) is 2. The molecule has 0 spiro atoms. The summed E-state index contributed by atoms with van der Waals surface area (Å²) in [6.07, 6.45) is -5.36. The molecule has 17 heteroatoms. The van der Waals surface area contributed by atoms with E-state index in [-0.39, 0.29) is 60.9 Å². The number of rotatable bonds is 0. The van der Waals surface area contributed by atoms with E-state index in [1.807, 2.05) is 0 Å². The summed E-state index contributed by atoms with van der Waals surface area (Å²) in [6, 6.07) is 18.8. The summed E-state index contributed by atoms with van der Waals surface area (Å²) in [5.74, 6) is 0.477. The first-order valence-corrected chi connectivity index (χ1v) is 15.2. The van der Waals surface area contributed by atoms with E-state index in [0.29, 0.717) is 0 Å². The molecule has 0 unspecified atom stereocenters. The van der Waals surface area contributed by atoms with Gasteiger partial charge in [-0.05, 0) is 36.4 Å². The van der Waals surface area contributed by atoms with Gasteiger partial charge in [-0.25, -0.2) is 9.59 Å². The van der Waals surface area contributed by atoms with Crippen molar-refractivity contribution in [2.45, 2.75) is 20.0 Å². The van der Waals surface area contributed by atoms with Crippen LogP contribution >= 0.6 is 69.6 Å². The average molecular weight is 745 g/mol. The van der Waals surface area contributed by atoms with Crippen molar-refractivity contribution in [2.24, 2.45) is 0 Å². The summed E-state index contributed by atoms with van der Waals surface area (Å²) < 4.78 is 35.0. The maximum absolute atomic E-state index is 12.9. The quantitative estimate of drug-likeness (QED) is 0.230. The Bertz CT molecular complexity index is 1350. The van der Waals surface area contributed by atoms with Crippen LogP contribution in [0.1, 0.15) is 0 Å². The van der Waals surface area contributed by atoms with Gasteiger partial charge in [0.15, 0.2) is 34.5 Å². The minimum absolute atomic E-state index is 0.0707. The molecule has 3 aromatic carbocycles. The van der Waals surface area contributed by atoms with Gasteiger partial charge in [0.05, 0.1) is 13.2 Å². The zero-order chi connectivity index (χ0) is 32.5. The zero-order valence-electron chi connectivity index (χ0n) is 22.9. The van der Waals surface area contributed by atoms with Gasteiger partial charge >= 0.3 is 12.2 Å². The number of fused-ring (bicyclic) bond motifs is 3. The van der Waals surface area contributed by atoms with Gasteiger partial charge in [-0.3, -0.25) is 10.6 Å². The molecule has 11 nitrogen and oxygen atoms in total. The Morgan fingerprint density at radius 2 is 0.844 bits per heavy atom. The van der Waals surface area contributed by atoms with Crippen LogP contribution in [0.2, 0.25) is 0 Å². The van der Waals surface area contributed by atoms with Crippen LogP contribution in [-0.4, -0.2) is 58.7 Å². The maximum Gasteiger partial charge on any atom is 0.415 e. The Balaban J connectivity index is 1.64. The Morgan fingerprint density at radius 3 is 1.20 bits per heavy atom. The first-order valence-electron chi connectivity index (χ1n) is 12.9. The predicted octanol–water partition coefficient (Wildman–Crippen LogP) is 7.20. The largest absolute Gasteiger partial charge is 0.487 e. The second-order valence-corrected chi connectivity index (χ2v) is 13.5. The number of benzene rings is 3. The van der Waals surface area contributed by atoms with Crippen molar-refractivity contribution in [3.8, 4) is 34.5 Å². The predicted molar refractivity (Wildman–Crippen MR) is 169 cm³/mol. The number of halogens is 6. The molecule has 242 valence electrons. The number of hydrogen-bond acceptors (Lipinski definition) is 9. The van der Waals surface area contributed by atoms with Crippen LogP contribution in [0.4, 0.5) is 9.59 Å². The first kappa shape index (κ1) is 35.0. The molecule has 0 saturated heterocycles. The van der Waals surface area contributed by atoms with E-state index in [1.165, 1.54) is 24.3 Å². The topological polar surface area (TPSA) is 123 Å². The second-order valence-electron chi connectivity index (χ2n) is 8.80. The van der Waals surface area contributed by atoms with Gasteiger partial charge in [0.25, 0.3) is 0 Å². The molecule has 1 aliphatic rings. The van der Waals surface area contributed by atoms with Crippen LogP contribution in [0, 0.1) is 0 Å². The summed E-state index contributed by atoms with van der Waals surface area (Å²) in [5, 5.41) is 4.69. The van der Waals surface area contributed by atoms with E-state index in [4.69, 9.17) is 103 Å². The number of carbonyl (C=O) groups excluding carboxylic acids is 2. The van der Waals surface area contributed by atoms with Crippen molar-refractivity contribution in [3.05, 3.63) is 72.8 Å². The van der Waals surface area contributed by atoms with Crippen molar-refractivity contribution < 1.29 is 42.7 Å². The number of carbonyl (C=O) groups is 2. The van der Waals surface area contributed by atoms with Crippen molar-refractivity contribution >= 4 is 81.8 Å². The van der Waals surface area contributed by atoms with Crippen LogP contribution in [-0.2, 0) is 4.74 Å². The van der Waals surface area contributed by atoms with E-state index in [9.17, 15) is 9.59 Å². The molecule has 0 bridgehead atoms. The third-order valence-electron chi connectivity index (χ3n) is 5.51. The fourth-order valence-corrected chi connectivity index (χ4v) is 4.15. The fourth-order valence-electron chi connectivity index (χ4n) is 3.56. The summed E-state index contributed by atoms with van der Waals surface area (Å²) in [6.45, 7) is 0.572. The smallest absolute Gasteiger partial charge is 0.415 e. The lowest BCUT2D eigenvalue weighted by Crippen LogP contribution is -2.50. The minimum Gasteiger partial charge on any atom is -0.487 e. The van der Waals surface area contributed by atoms with Gasteiger partial charge in [-0.15, -0.1) is 0 Å². The van der Waals surface area contributed by atoms with E-state index in [1.54, 1.807) is 48.5 Å². The lowest BCUT2D eigenvalue weighted by Gasteiger charge is -2.29. The standard InChI is InChI=1S/C28H24Cl6N2O9/c29-27(30,31)23-35-25(37)44-19-9-3-1-7-17(19)40-15-13-39-14-16-41-18-8-2-4-10-20(18)45-26(38)36-24(28(32,33)34)43-22-12-6-5-11-21(22)42-23/h1-12,23-24H,13-16H2,(H,35,37)(H,36,38)/t23-,24-/m0/s1. The Kier molecular flexibility index (Phi) is 12.5. The molecule has 1 aliphatic heterocycles. The second kappa shape index (κ2) is 16.1. The highest BCUT2D eigenvalue weighted by Crippen LogP contribution is 2.38. The van der Waals surface area contributed by atoms with Crippen molar-refractivity contribution in [1.82, 2.24) is 10.6 Å². The highest BCUT2D eigenvalue weighted by molar-refractivity contribution is 6.68. The van der Waals surface area contributed by atoms with Gasteiger partial charge in [0.2, 0.25) is 20.0 Å². The van der Waals surface area contributed by atoms with Crippen molar-refractivity contribution in [1.29, 1.82) is 0 Å². The molecule has 0 radical (unpaired) electrons. The van der Waals surface area contributed by atoms with E-state index >= 15 is 0 Å². The van der Waals surface area contributed by atoms with Crippen LogP contribution in [0.3, 0.4) is 0 Å². The normalized spacial score (nSPS) is 19.1. The molecule has 2 N–H and O–H groups in total. The van der Waals surface area contributed by atoms with Gasteiger partial charge in [0, 0.05) is 0 Å². The van der Waals surface area contributed by atoms with Gasteiger partial charge in [-0.1, -0.05) is 106 Å². The van der Waals surface area contributed by atoms with Crippen LogP contribution in [0.25, 0.3) is 0 Å². The Labute approximate surface area is 287 Å². The van der Waals surface area contributed by atoms with Gasteiger partial charge in [0.1, 0.15) is 13.2 Å². The first-order chi connectivity index (χ1) is 21.4. The highest BCUT2D eigenvalue weighted by atomic mass is 35.6. The molecule has 2 atom stereocenters. The number of para-hydroxylation sites is 6. The number of alkyl halides is 6. The fraction of sp³-hybridized carbons (Fsp3) is 0.286. The Hall–Kier alpha value is -2.90. The molecule has 1 heterocycles. The summed E-state index contributed by atoms with van der Waals surface area (Å²) in [7, 11) is 0. The summed E-state index contributed by atoms with van der Waals surface area (Å²) in [5.41, 5.74) is 0. The van der Waals surface area contributed by atoms with E-state index in [2.05, 4.69) is 10.6 Å². The van der Waals surface area contributed by atoms with Crippen molar-refractivity contribution in [2.75, 3.05) is 26.4 Å². The monoisotopic (exact) mass is 742 g/mol. The van der Waals surface area contributed by atoms with E-state index < -0.39 is 32.2 Å². The molecule has 0 fully saturated rings. The third kappa shape index (κ3) is 10.8. The Morgan fingerprint density at radius 1 is 0.511 bits per heavy atom. The van der Waals surface area contributed by atoms with Gasteiger partial charge < -0.3 is 33.2 Å². The third-order valence-corrected chi connectivity index (χ3v) is 6.69. The molecule has 0 aromatic heterocycles. The van der Waals surface area contributed by atoms with Crippen molar-refractivity contribution in [3.63, 3.8) is 0 Å².